The van der Waals surface area contributed by atoms with Crippen molar-refractivity contribution in [3.05, 3.63) is 81.5 Å². The van der Waals surface area contributed by atoms with Crippen LogP contribution in [0.25, 0.3) is 11.3 Å². The third-order valence-electron chi connectivity index (χ3n) is 6.91. The minimum atomic E-state index is -0.226. The highest BCUT2D eigenvalue weighted by Gasteiger charge is 2.31. The molecule has 1 aliphatic rings. The molecule has 0 atom stereocenters. The van der Waals surface area contributed by atoms with Crippen LogP contribution in [-0.4, -0.2) is 54.2 Å². The van der Waals surface area contributed by atoms with Gasteiger partial charge in [0.25, 0.3) is 11.8 Å². The van der Waals surface area contributed by atoms with E-state index >= 15 is 0 Å². The fraction of sp³-hybridized carbons (Fsp3) is 0.310. The number of hydrogen-bond donors (Lipinski definition) is 1. The predicted octanol–water partition coefficient (Wildman–Crippen LogP) is 5.07. The number of benzene rings is 2. The second-order valence-electron chi connectivity index (χ2n) is 9.34. The first-order valence-corrected chi connectivity index (χ1v) is 13.6. The average Bonchev–Trinajstić information content (AvgIpc) is 3.63. The van der Waals surface area contributed by atoms with Gasteiger partial charge in [0.05, 0.1) is 19.2 Å². The van der Waals surface area contributed by atoms with Gasteiger partial charge in [0.2, 0.25) is 0 Å². The van der Waals surface area contributed by atoms with E-state index in [9.17, 15) is 9.59 Å². The number of ether oxygens (including phenoxy) is 2. The van der Waals surface area contributed by atoms with Crippen LogP contribution in [0.15, 0.2) is 58.4 Å². The van der Waals surface area contributed by atoms with E-state index in [2.05, 4.69) is 15.5 Å². The molecule has 39 heavy (non-hydrogen) atoms. The molecule has 1 N–H and O–H groups in total. The number of carbonyl (C=O) groups is 2. The lowest BCUT2D eigenvalue weighted by molar-refractivity contribution is 0.0711. The Kier molecular flexibility index (Phi) is 7.92. The van der Waals surface area contributed by atoms with Crippen LogP contribution >= 0.6 is 11.3 Å². The second kappa shape index (κ2) is 11.7. The smallest absolute Gasteiger partial charge is 0.271 e. The quantitative estimate of drug-likeness (QED) is 0.329. The molecule has 9 nitrogen and oxygen atoms in total. The molecule has 0 aliphatic carbocycles. The van der Waals surface area contributed by atoms with Gasteiger partial charge < -0.3 is 24.2 Å². The highest BCUT2D eigenvalue weighted by atomic mass is 32.1. The van der Waals surface area contributed by atoms with E-state index in [0.29, 0.717) is 53.8 Å². The Balaban J connectivity index is 1.18. The van der Waals surface area contributed by atoms with Crippen LogP contribution in [0.4, 0.5) is 0 Å². The molecule has 0 bridgehead atoms. The lowest BCUT2D eigenvalue weighted by Gasteiger charge is -2.31. The van der Waals surface area contributed by atoms with Crippen molar-refractivity contribution in [3.8, 4) is 22.8 Å². The van der Waals surface area contributed by atoms with E-state index < -0.39 is 0 Å². The van der Waals surface area contributed by atoms with Crippen molar-refractivity contribution in [2.24, 2.45) is 0 Å². The first-order valence-electron chi connectivity index (χ1n) is 12.7. The molecular formula is C29H30N4O5S. The highest BCUT2D eigenvalue weighted by molar-refractivity contribution is 7.09. The molecule has 1 aliphatic heterocycles. The lowest BCUT2D eigenvalue weighted by Crippen LogP contribution is -2.38. The van der Waals surface area contributed by atoms with Gasteiger partial charge in [-0.05, 0) is 37.5 Å². The minimum absolute atomic E-state index is 0.0691. The fourth-order valence-electron chi connectivity index (χ4n) is 4.75. The topological polar surface area (TPSA) is 107 Å². The zero-order valence-electron chi connectivity index (χ0n) is 22.1. The normalized spacial score (nSPS) is 13.8. The van der Waals surface area contributed by atoms with Crippen LogP contribution in [0.2, 0.25) is 0 Å². The van der Waals surface area contributed by atoms with Gasteiger partial charge >= 0.3 is 0 Å². The second-order valence-corrected chi connectivity index (χ2v) is 10.2. The van der Waals surface area contributed by atoms with Gasteiger partial charge in [-0.15, -0.1) is 11.3 Å². The average molecular weight is 547 g/mol. The van der Waals surface area contributed by atoms with Crippen LogP contribution in [0.1, 0.15) is 55.9 Å². The molecule has 1 saturated heterocycles. The molecule has 4 aromatic rings. The van der Waals surface area contributed by atoms with Crippen molar-refractivity contribution >= 4 is 23.2 Å². The summed E-state index contributed by atoms with van der Waals surface area (Å²) in [5.41, 5.74) is 3.24. The van der Waals surface area contributed by atoms with Gasteiger partial charge in [0.1, 0.15) is 22.7 Å². The van der Waals surface area contributed by atoms with E-state index in [1.54, 1.807) is 26.5 Å². The van der Waals surface area contributed by atoms with E-state index in [4.69, 9.17) is 14.0 Å². The Morgan fingerprint density at radius 3 is 2.54 bits per heavy atom. The van der Waals surface area contributed by atoms with Crippen molar-refractivity contribution in [2.45, 2.75) is 32.2 Å². The summed E-state index contributed by atoms with van der Waals surface area (Å²) < 4.78 is 16.0. The van der Waals surface area contributed by atoms with Gasteiger partial charge in [0.15, 0.2) is 11.5 Å². The molecule has 2 amide bonds. The first-order chi connectivity index (χ1) is 19.0. The van der Waals surface area contributed by atoms with Crippen LogP contribution in [-0.2, 0) is 6.54 Å². The molecule has 3 heterocycles. The van der Waals surface area contributed by atoms with Crippen molar-refractivity contribution in [1.82, 2.24) is 20.4 Å². The molecule has 0 spiro atoms. The Bertz CT molecular complexity index is 1460. The monoisotopic (exact) mass is 546 g/mol. The Labute approximate surface area is 230 Å². The maximum Gasteiger partial charge on any atom is 0.271 e. The maximum absolute atomic E-state index is 13.4. The van der Waals surface area contributed by atoms with Crippen molar-refractivity contribution in [2.75, 3.05) is 27.3 Å². The third-order valence-corrected chi connectivity index (χ3v) is 7.92. The molecule has 2 aromatic carbocycles. The SMILES string of the molecule is COc1ccc(CNC(=O)c2csc(C3CCN(C(=O)c4c(-c5ccccc5)noc4C)CC3)n2)cc1OC. The predicted molar refractivity (Wildman–Crippen MR) is 147 cm³/mol. The highest BCUT2D eigenvalue weighted by Crippen LogP contribution is 2.33. The van der Waals surface area contributed by atoms with Gasteiger partial charge in [0, 0.05) is 36.5 Å². The van der Waals surface area contributed by atoms with Gasteiger partial charge in [-0.3, -0.25) is 9.59 Å². The van der Waals surface area contributed by atoms with Crippen molar-refractivity contribution < 1.29 is 23.6 Å². The van der Waals surface area contributed by atoms with Gasteiger partial charge in [-0.2, -0.15) is 0 Å². The molecule has 5 rings (SSSR count). The maximum atomic E-state index is 13.4. The summed E-state index contributed by atoms with van der Waals surface area (Å²) in [5, 5.41) is 9.79. The number of aromatic nitrogens is 2. The van der Waals surface area contributed by atoms with Gasteiger partial charge in [-0.1, -0.05) is 41.6 Å². The lowest BCUT2D eigenvalue weighted by atomic mass is 9.96. The number of thiazole rings is 1. The molecule has 2 aromatic heterocycles. The van der Waals surface area contributed by atoms with E-state index in [1.165, 1.54) is 11.3 Å². The number of carbonyl (C=O) groups excluding carboxylic acids is 2. The number of amides is 2. The summed E-state index contributed by atoms with van der Waals surface area (Å²) in [5.74, 6) is 1.67. The summed E-state index contributed by atoms with van der Waals surface area (Å²) in [4.78, 5) is 32.7. The summed E-state index contributed by atoms with van der Waals surface area (Å²) in [7, 11) is 3.16. The number of methoxy groups -OCH3 is 2. The van der Waals surface area contributed by atoms with Crippen molar-refractivity contribution in [3.63, 3.8) is 0 Å². The summed E-state index contributed by atoms with van der Waals surface area (Å²) in [6.45, 7) is 3.32. The number of hydrogen-bond acceptors (Lipinski definition) is 8. The van der Waals surface area contributed by atoms with E-state index in [0.717, 1.165) is 29.0 Å². The Hall–Kier alpha value is -4.18. The van der Waals surface area contributed by atoms with Crippen molar-refractivity contribution in [1.29, 1.82) is 0 Å². The fourth-order valence-corrected chi connectivity index (χ4v) is 5.72. The zero-order valence-corrected chi connectivity index (χ0v) is 22.9. The zero-order chi connectivity index (χ0) is 27.4. The first kappa shape index (κ1) is 26.4. The molecule has 10 heteroatoms. The largest absolute Gasteiger partial charge is 0.493 e. The van der Waals surface area contributed by atoms with E-state index in [-0.39, 0.29) is 17.7 Å². The standard InChI is InChI=1S/C29H30N4O5S/c1-18-25(26(32-38-18)20-7-5-4-6-8-20)29(35)33-13-11-21(12-14-33)28-31-22(17-39-28)27(34)30-16-19-9-10-23(36-2)24(15-19)37-3/h4-10,15,17,21H,11-14,16H2,1-3H3,(H,30,34). The van der Waals surface area contributed by atoms with Crippen LogP contribution in [0.5, 0.6) is 11.5 Å². The molecule has 0 saturated carbocycles. The minimum Gasteiger partial charge on any atom is -0.493 e. The Morgan fingerprint density at radius 2 is 1.82 bits per heavy atom. The summed E-state index contributed by atoms with van der Waals surface area (Å²) in [6, 6.07) is 15.1. The number of aryl methyl sites for hydroxylation is 1. The summed E-state index contributed by atoms with van der Waals surface area (Å²) >= 11 is 1.49. The van der Waals surface area contributed by atoms with Crippen LogP contribution in [0, 0.1) is 6.92 Å². The number of nitrogens with one attached hydrogen (secondary N) is 1. The molecule has 1 fully saturated rings. The molecule has 0 unspecified atom stereocenters. The number of rotatable bonds is 8. The number of nitrogens with zero attached hydrogens (tertiary/aromatic N) is 3. The number of likely N-dealkylation sites (tertiary alicyclic amines) is 1. The Morgan fingerprint density at radius 1 is 1.08 bits per heavy atom. The third kappa shape index (κ3) is 5.65. The van der Waals surface area contributed by atoms with E-state index in [1.807, 2.05) is 53.4 Å². The van der Waals surface area contributed by atoms with Crippen LogP contribution < -0.4 is 14.8 Å². The molecule has 0 radical (unpaired) electrons. The number of piperidine rings is 1. The van der Waals surface area contributed by atoms with Gasteiger partial charge in [-0.25, -0.2) is 4.98 Å². The summed E-state index contributed by atoms with van der Waals surface area (Å²) in [6.07, 6.45) is 1.55. The van der Waals surface area contributed by atoms with Crippen LogP contribution in [0.3, 0.4) is 0 Å². The molecule has 202 valence electrons. The molecular weight excluding hydrogens is 516 g/mol.